The van der Waals surface area contributed by atoms with E-state index in [-0.39, 0.29) is 80.9 Å². The molecule has 0 rings (SSSR count). The van der Waals surface area contributed by atoms with Crippen molar-refractivity contribution in [3.05, 3.63) is 0 Å². The van der Waals surface area contributed by atoms with Gasteiger partial charge in [-0.3, -0.25) is 0 Å². The third-order valence-electron chi connectivity index (χ3n) is 0. The third-order valence-corrected chi connectivity index (χ3v) is 0. The first kappa shape index (κ1) is 15.9. The Bertz CT molecular complexity index is 15.5. The molecule has 0 saturated carbocycles. The van der Waals surface area contributed by atoms with Gasteiger partial charge in [0.1, 0.15) is 0 Å². The summed E-state index contributed by atoms with van der Waals surface area (Å²) >= 11 is 0. The second-order valence-electron chi connectivity index (χ2n) is 0.189. The Hall–Kier alpha value is 2.81. The minimum Gasteiger partial charge on any atom is -0.357 e. The molecule has 0 bridgehead atoms. The van der Waals surface area contributed by atoms with E-state index in [4.69, 9.17) is 14.0 Å². The number of hydrogen-bond donors (Lipinski definition) is 0. The molecule has 0 saturated heterocycles. The van der Waals surface area contributed by atoms with Gasteiger partial charge < -0.3 is 14.0 Å². The van der Waals surface area contributed by atoms with Crippen molar-refractivity contribution in [2.75, 3.05) is 0 Å². The number of hydrogen-bond acceptors (Lipinski definition) is 3. The van der Waals surface area contributed by atoms with E-state index in [1.54, 1.807) is 0 Å². The smallest absolute Gasteiger partial charge is 0.357 e. The Morgan fingerprint density at radius 2 is 1.00 bits per heavy atom. The van der Waals surface area contributed by atoms with Crippen LogP contribution in [0.15, 0.2) is 0 Å². The minimum atomic E-state index is -2.85. The molecule has 0 fully saturated rings. The quantitative estimate of drug-likeness (QED) is 0.319. The van der Waals surface area contributed by atoms with Crippen LogP contribution < -0.4 is 43.5 Å². The predicted molar refractivity (Wildman–Crippen MR) is 7.15 cm³/mol. The van der Waals surface area contributed by atoms with E-state index in [1.807, 2.05) is 0 Å². The van der Waals surface area contributed by atoms with Gasteiger partial charge >= 0.3 is 80.9 Å². The fraction of sp³-hybridized carbons (Fsp3) is 0. The van der Waals surface area contributed by atoms with E-state index in [1.165, 1.54) is 0 Å². The molecule has 6 heteroatoms. The zero-order valence-electron chi connectivity index (χ0n) is 2.60. The van der Waals surface area contributed by atoms with Gasteiger partial charge in [0.2, 0.25) is 0 Å². The summed E-state index contributed by atoms with van der Waals surface area (Å²) in [6, 6.07) is 0. The largest absolute Gasteiger partial charge is 1.00 e. The molecule has 0 aliphatic heterocycles. The first-order chi connectivity index (χ1) is 1.73. The normalized spacial score (nSPS) is 6.00. The number of rotatable bonds is 0. The summed E-state index contributed by atoms with van der Waals surface area (Å²) in [6.45, 7) is 0. The van der Waals surface area contributed by atoms with E-state index in [9.17, 15) is 0 Å². The van der Waals surface area contributed by atoms with Crippen molar-refractivity contribution >= 4 is 51.4 Å². The monoisotopic (exact) mass is 146 g/mol. The molecule has 0 aromatic rings. The Labute approximate surface area is 103 Å². The van der Waals surface area contributed by atoms with Crippen LogP contribution in [-0.4, -0.2) is 51.4 Å². The summed E-state index contributed by atoms with van der Waals surface area (Å²) in [6.07, 6.45) is 0. The molecular weight excluding hydrogens is 146 g/mol. The van der Waals surface area contributed by atoms with Crippen molar-refractivity contribution < 1.29 is 54.3 Å². The van der Waals surface area contributed by atoms with Crippen molar-refractivity contribution in [2.45, 2.75) is 0 Å². The molecule has 0 heterocycles. The Morgan fingerprint density at radius 1 is 1.00 bits per heavy atom. The molecule has 0 N–H and O–H groups in total. The molecule has 0 aromatic carbocycles. The van der Waals surface area contributed by atoms with Crippen LogP contribution in [-0.2, 0) is 0 Å². The molecule has 0 aliphatic rings. The maximum Gasteiger partial charge on any atom is 1.00 e. The van der Waals surface area contributed by atoms with E-state index < -0.39 is 10.8 Å². The van der Waals surface area contributed by atoms with Gasteiger partial charge in [-0.05, 0) is 0 Å². The Kier molecular flexibility index (Phi) is 28.5. The van der Waals surface area contributed by atoms with Gasteiger partial charge in [-0.25, -0.2) is 0 Å². The molecule has 3 nitrogen and oxygen atoms in total. The molecule has 0 amide bonds. The van der Waals surface area contributed by atoms with Crippen LogP contribution in [0.25, 0.3) is 0 Å². The van der Waals surface area contributed by atoms with Crippen molar-refractivity contribution in [3.8, 4) is 0 Å². The first-order valence-electron chi connectivity index (χ1n) is 0.463. The van der Waals surface area contributed by atoms with Crippen LogP contribution in [0.1, 0.15) is 0 Å². The van der Waals surface area contributed by atoms with Gasteiger partial charge in [-0.15, -0.1) is 0 Å². The van der Waals surface area contributed by atoms with E-state index in [2.05, 4.69) is 0 Å². The second-order valence-corrected chi connectivity index (χ2v) is 0.567. The summed E-state index contributed by atoms with van der Waals surface area (Å²) < 4.78 is 25.2. The predicted octanol–water partition coefficient (Wildman–Crippen LogP) is -7.21. The standard InChI is InChI=1S/ClO3.K.Na.H/c2-1(3)4;;;/q-1;;+1;. The van der Waals surface area contributed by atoms with Gasteiger partial charge in [-0.2, -0.15) is 0 Å². The average Bonchev–Trinajstić information content (AvgIpc) is 0.811. The molecule has 0 unspecified atom stereocenters. The Balaban J connectivity index is -0.0000000450. The topological polar surface area (TPSA) is 69.2 Å². The van der Waals surface area contributed by atoms with Crippen LogP contribution in [0.3, 0.4) is 0 Å². The summed E-state index contributed by atoms with van der Waals surface area (Å²) in [5.41, 5.74) is 0. The fourth-order valence-corrected chi connectivity index (χ4v) is 0. The molecule has 28 valence electrons. The van der Waals surface area contributed by atoms with Gasteiger partial charge in [0.15, 0.2) is 0 Å². The van der Waals surface area contributed by atoms with Gasteiger partial charge in [-0.1, -0.05) is 0 Å². The fourth-order valence-electron chi connectivity index (χ4n) is 0. The van der Waals surface area contributed by atoms with Crippen LogP contribution >= 0.6 is 0 Å². The minimum absolute atomic E-state index is 0. The maximum atomic E-state index is 8.41. The summed E-state index contributed by atoms with van der Waals surface area (Å²) in [5, 5.41) is 0. The van der Waals surface area contributed by atoms with Crippen molar-refractivity contribution in [1.82, 2.24) is 0 Å². The van der Waals surface area contributed by atoms with Crippen molar-refractivity contribution in [1.29, 1.82) is 0 Å². The van der Waals surface area contributed by atoms with Crippen LogP contribution in [0.4, 0.5) is 0 Å². The molecule has 0 spiro atoms. The van der Waals surface area contributed by atoms with Crippen molar-refractivity contribution in [2.24, 2.45) is 0 Å². The van der Waals surface area contributed by atoms with Crippen LogP contribution in [0, 0.1) is 10.8 Å². The van der Waals surface area contributed by atoms with E-state index in [0.717, 1.165) is 0 Å². The number of halogens is 1. The van der Waals surface area contributed by atoms with Crippen LogP contribution in [0.2, 0.25) is 0 Å². The second kappa shape index (κ2) is 10.7. The summed E-state index contributed by atoms with van der Waals surface area (Å²) in [4.78, 5) is 0. The Morgan fingerprint density at radius 3 is 1.00 bits per heavy atom. The zero-order valence-corrected chi connectivity index (χ0v) is 5.36. The molecule has 0 aromatic heterocycles. The molecule has 0 radical (unpaired) electrons. The third kappa shape index (κ3) is 29.1. The zero-order chi connectivity index (χ0) is 3.58. The summed E-state index contributed by atoms with van der Waals surface area (Å²) in [7, 11) is -2.85. The summed E-state index contributed by atoms with van der Waals surface area (Å²) in [5.74, 6) is 0. The molecule has 0 atom stereocenters. The SMILES string of the molecule is [KH].[Na+].[O-][Cl+2]([O-])[O-]. The molecule has 6 heavy (non-hydrogen) atoms. The van der Waals surface area contributed by atoms with E-state index >= 15 is 0 Å². The van der Waals surface area contributed by atoms with Gasteiger partial charge in [0.05, 0.1) is 10.8 Å². The van der Waals surface area contributed by atoms with Crippen molar-refractivity contribution in [3.63, 3.8) is 0 Å². The molecular formula is HClKNaO3. The van der Waals surface area contributed by atoms with E-state index in [0.29, 0.717) is 0 Å². The molecule has 0 aliphatic carbocycles. The first-order valence-corrected chi connectivity index (χ1v) is 1.39. The maximum absolute atomic E-state index is 8.41. The van der Waals surface area contributed by atoms with Crippen LogP contribution in [0.5, 0.6) is 0 Å². The average molecular weight is 147 g/mol. The van der Waals surface area contributed by atoms with Gasteiger partial charge in [0.25, 0.3) is 0 Å². The van der Waals surface area contributed by atoms with Gasteiger partial charge in [0, 0.05) is 0 Å².